The minimum Gasteiger partial charge on any atom is -0.484 e. The van der Waals surface area contributed by atoms with Crippen molar-refractivity contribution in [3.05, 3.63) is 29.8 Å². The Morgan fingerprint density at radius 1 is 1.22 bits per heavy atom. The van der Waals surface area contributed by atoms with Gasteiger partial charge >= 0.3 is 0 Å². The average Bonchev–Trinajstić information content (AvgIpc) is 3.61. The summed E-state index contributed by atoms with van der Waals surface area (Å²) in [5.74, 6) is 2.93. The molecule has 1 aromatic rings. The predicted octanol–water partition coefficient (Wildman–Crippen LogP) is 3.83. The molecule has 2 saturated carbocycles. The van der Waals surface area contributed by atoms with Crippen molar-refractivity contribution in [2.45, 2.75) is 62.2 Å². The van der Waals surface area contributed by atoms with Gasteiger partial charge in [-0.3, -0.25) is 9.79 Å². The van der Waals surface area contributed by atoms with E-state index in [-0.39, 0.29) is 36.5 Å². The number of aliphatic imine (C=N–C) groups is 1. The summed E-state index contributed by atoms with van der Waals surface area (Å²) in [4.78, 5) is 18.8. The van der Waals surface area contributed by atoms with E-state index in [1.165, 1.54) is 43.4 Å². The van der Waals surface area contributed by atoms with Crippen molar-refractivity contribution in [2.24, 2.45) is 4.99 Å². The van der Waals surface area contributed by atoms with Crippen molar-refractivity contribution < 1.29 is 9.53 Å². The molecule has 1 saturated heterocycles. The normalized spacial score (nSPS) is 20.4. The Morgan fingerprint density at radius 2 is 1.97 bits per heavy atom. The number of halogens is 1. The van der Waals surface area contributed by atoms with Crippen molar-refractivity contribution in [1.29, 1.82) is 0 Å². The summed E-state index contributed by atoms with van der Waals surface area (Å²) in [5, 5.41) is 6.51. The SMILES string of the molecule is CN=C(NCCc1ccc(OCC(=O)NC2CC2)cc1)N1CCSC2(CCCCC2)C1.I. The summed E-state index contributed by atoms with van der Waals surface area (Å²) in [6.07, 6.45) is 9.95. The van der Waals surface area contributed by atoms with Crippen molar-refractivity contribution in [2.75, 3.05) is 39.0 Å². The molecule has 1 amide bonds. The molecule has 0 atom stereocenters. The predicted molar refractivity (Wildman–Crippen MR) is 143 cm³/mol. The summed E-state index contributed by atoms with van der Waals surface area (Å²) < 4.78 is 6.03. The summed E-state index contributed by atoms with van der Waals surface area (Å²) in [5.41, 5.74) is 1.25. The van der Waals surface area contributed by atoms with Gasteiger partial charge in [-0.15, -0.1) is 24.0 Å². The number of carbonyl (C=O) groups is 1. The highest BCUT2D eigenvalue weighted by atomic mass is 127. The highest BCUT2D eigenvalue weighted by Crippen LogP contribution is 2.42. The lowest BCUT2D eigenvalue weighted by Gasteiger charge is -2.45. The van der Waals surface area contributed by atoms with Gasteiger partial charge in [0.2, 0.25) is 0 Å². The van der Waals surface area contributed by atoms with E-state index >= 15 is 0 Å². The number of hydrogen-bond acceptors (Lipinski definition) is 4. The van der Waals surface area contributed by atoms with E-state index in [1.807, 2.05) is 19.2 Å². The number of benzene rings is 1. The quantitative estimate of drug-likeness (QED) is 0.296. The Kier molecular flexibility index (Phi) is 9.82. The van der Waals surface area contributed by atoms with Crippen LogP contribution in [0.1, 0.15) is 50.5 Å². The van der Waals surface area contributed by atoms with Crippen LogP contribution in [0.3, 0.4) is 0 Å². The van der Waals surface area contributed by atoms with Gasteiger partial charge in [0, 0.05) is 43.2 Å². The molecule has 1 spiro atoms. The van der Waals surface area contributed by atoms with Gasteiger partial charge < -0.3 is 20.3 Å². The highest BCUT2D eigenvalue weighted by molar-refractivity contribution is 14.0. The Bertz CT molecular complexity index is 758. The fraction of sp³-hybridized carbons (Fsp3) is 0.667. The maximum Gasteiger partial charge on any atom is 0.258 e. The minimum absolute atomic E-state index is 0. The molecule has 0 aromatic heterocycles. The standard InChI is InChI=1S/C24H36N4O2S.HI/c1-25-23(28-15-16-31-24(18-28)12-3-2-4-13-24)26-14-11-19-5-9-21(10-6-19)30-17-22(29)27-20-7-8-20;/h5-6,9-10,20H,2-4,7-8,11-18H2,1H3,(H,25,26)(H,27,29);1H. The van der Waals surface area contributed by atoms with Crippen LogP contribution < -0.4 is 15.4 Å². The second-order valence-corrected chi connectivity index (χ2v) is 10.6. The monoisotopic (exact) mass is 572 g/mol. The van der Waals surface area contributed by atoms with Crippen LogP contribution in [0, 0.1) is 0 Å². The van der Waals surface area contributed by atoms with E-state index in [9.17, 15) is 4.79 Å². The fourth-order valence-electron chi connectivity index (χ4n) is 4.57. The van der Waals surface area contributed by atoms with E-state index in [2.05, 4.69) is 44.4 Å². The molecule has 178 valence electrons. The van der Waals surface area contributed by atoms with E-state index < -0.39 is 0 Å². The molecule has 6 nitrogen and oxygen atoms in total. The molecule has 32 heavy (non-hydrogen) atoms. The molecule has 3 fully saturated rings. The van der Waals surface area contributed by atoms with Gasteiger partial charge in [-0.1, -0.05) is 31.4 Å². The molecule has 2 aliphatic carbocycles. The Hall–Kier alpha value is -1.16. The molecule has 1 aliphatic heterocycles. The first-order chi connectivity index (χ1) is 15.2. The van der Waals surface area contributed by atoms with Crippen LogP contribution in [-0.2, 0) is 11.2 Å². The number of thioether (sulfide) groups is 1. The second-order valence-electron chi connectivity index (χ2n) is 9.01. The minimum atomic E-state index is -0.0340. The summed E-state index contributed by atoms with van der Waals surface area (Å²) in [6.45, 7) is 3.14. The van der Waals surface area contributed by atoms with Crippen molar-refractivity contribution in [3.8, 4) is 5.75 Å². The van der Waals surface area contributed by atoms with Gasteiger partial charge in [-0.05, 0) is 49.8 Å². The molecule has 2 N–H and O–H groups in total. The fourth-order valence-corrected chi connectivity index (χ4v) is 6.14. The Morgan fingerprint density at radius 3 is 2.66 bits per heavy atom. The van der Waals surface area contributed by atoms with Crippen LogP contribution >= 0.6 is 35.7 Å². The second kappa shape index (κ2) is 12.3. The lowest BCUT2D eigenvalue weighted by Crippen LogP contribution is -2.53. The third-order valence-electron chi connectivity index (χ3n) is 6.46. The zero-order valence-electron chi connectivity index (χ0n) is 19.1. The first-order valence-corrected chi connectivity index (χ1v) is 12.8. The van der Waals surface area contributed by atoms with Crippen molar-refractivity contribution >= 4 is 47.6 Å². The molecular formula is C24H37IN4O2S. The van der Waals surface area contributed by atoms with Gasteiger partial charge in [0.15, 0.2) is 12.6 Å². The van der Waals surface area contributed by atoms with Gasteiger partial charge in [0.25, 0.3) is 5.91 Å². The summed E-state index contributed by atoms with van der Waals surface area (Å²) >= 11 is 2.19. The molecule has 0 unspecified atom stereocenters. The van der Waals surface area contributed by atoms with Crippen LogP contribution in [0.25, 0.3) is 0 Å². The van der Waals surface area contributed by atoms with Crippen LogP contribution in [0.2, 0.25) is 0 Å². The van der Waals surface area contributed by atoms with Gasteiger partial charge in [0.1, 0.15) is 5.75 Å². The Labute approximate surface area is 213 Å². The number of ether oxygens (including phenoxy) is 1. The molecule has 4 rings (SSSR count). The zero-order valence-corrected chi connectivity index (χ0v) is 22.3. The van der Waals surface area contributed by atoms with Crippen LogP contribution in [-0.4, -0.2) is 66.6 Å². The smallest absolute Gasteiger partial charge is 0.258 e. The molecular weight excluding hydrogens is 535 g/mol. The third-order valence-corrected chi connectivity index (χ3v) is 7.99. The maximum absolute atomic E-state index is 11.7. The summed E-state index contributed by atoms with van der Waals surface area (Å²) in [6, 6.07) is 8.42. The lowest BCUT2D eigenvalue weighted by atomic mass is 9.87. The highest BCUT2D eigenvalue weighted by Gasteiger charge is 2.38. The number of hydrogen-bond donors (Lipinski definition) is 2. The number of carbonyl (C=O) groups excluding carboxylic acids is 1. The third kappa shape index (κ3) is 7.43. The van der Waals surface area contributed by atoms with E-state index in [1.54, 1.807) is 0 Å². The molecule has 1 heterocycles. The Balaban J connectivity index is 0.00000289. The van der Waals surface area contributed by atoms with Crippen LogP contribution in [0.5, 0.6) is 5.75 Å². The lowest BCUT2D eigenvalue weighted by molar-refractivity contribution is -0.123. The van der Waals surface area contributed by atoms with Crippen molar-refractivity contribution in [3.63, 3.8) is 0 Å². The van der Waals surface area contributed by atoms with Gasteiger partial charge in [0.05, 0.1) is 0 Å². The number of amides is 1. The zero-order chi connectivity index (χ0) is 21.5. The molecule has 0 radical (unpaired) electrons. The largest absolute Gasteiger partial charge is 0.484 e. The first kappa shape index (κ1) is 25.5. The van der Waals surface area contributed by atoms with Gasteiger partial charge in [-0.25, -0.2) is 0 Å². The number of rotatable bonds is 7. The molecule has 0 bridgehead atoms. The number of nitrogens with zero attached hydrogens (tertiary/aromatic N) is 2. The van der Waals surface area contributed by atoms with Crippen LogP contribution in [0.15, 0.2) is 29.3 Å². The van der Waals surface area contributed by atoms with Gasteiger partial charge in [-0.2, -0.15) is 11.8 Å². The molecule has 8 heteroatoms. The average molecular weight is 573 g/mol. The van der Waals surface area contributed by atoms with Crippen LogP contribution in [0.4, 0.5) is 0 Å². The number of nitrogens with one attached hydrogen (secondary N) is 2. The topological polar surface area (TPSA) is 66.0 Å². The van der Waals surface area contributed by atoms with E-state index in [0.29, 0.717) is 10.8 Å². The first-order valence-electron chi connectivity index (χ1n) is 11.8. The van der Waals surface area contributed by atoms with Crippen molar-refractivity contribution in [1.82, 2.24) is 15.5 Å². The summed E-state index contributed by atoms with van der Waals surface area (Å²) in [7, 11) is 1.89. The maximum atomic E-state index is 11.7. The number of guanidine groups is 1. The van der Waals surface area contributed by atoms with E-state index in [4.69, 9.17) is 4.74 Å². The molecule has 1 aromatic carbocycles. The molecule has 3 aliphatic rings. The van der Waals surface area contributed by atoms with E-state index in [0.717, 1.165) is 50.6 Å².